The lowest BCUT2D eigenvalue weighted by atomic mass is 9.53. The molecule has 0 aromatic heterocycles. The van der Waals surface area contributed by atoms with E-state index >= 15 is 0 Å². The van der Waals surface area contributed by atoms with Crippen molar-refractivity contribution in [3.8, 4) is 5.75 Å². The van der Waals surface area contributed by atoms with Crippen molar-refractivity contribution < 1.29 is 20.1 Å². The van der Waals surface area contributed by atoms with Crippen LogP contribution in [0.2, 0.25) is 0 Å². The van der Waals surface area contributed by atoms with Crippen molar-refractivity contribution in [2.24, 2.45) is 17.3 Å². The number of aliphatic hydroxyl groups is 1. The van der Waals surface area contributed by atoms with Crippen molar-refractivity contribution in [2.75, 3.05) is 0 Å². The largest absolute Gasteiger partial charge is 0.508 e. The number of unbranched alkanes of at least 4 members (excludes halogenated alkanes) is 2. The van der Waals surface area contributed by atoms with Gasteiger partial charge in [0.1, 0.15) is 5.75 Å². The molecular formula is C24H34O4. The van der Waals surface area contributed by atoms with E-state index in [1.807, 2.05) is 12.1 Å². The number of phenolic OH excluding ortho intramolecular Hbond substituents is 1. The zero-order valence-corrected chi connectivity index (χ0v) is 17.0. The van der Waals surface area contributed by atoms with Crippen molar-refractivity contribution in [1.29, 1.82) is 0 Å². The normalized spacial score (nSPS) is 36.4. The van der Waals surface area contributed by atoms with Crippen LogP contribution < -0.4 is 0 Å². The molecule has 0 radical (unpaired) electrons. The molecule has 1 unspecified atom stereocenters. The van der Waals surface area contributed by atoms with Crippen LogP contribution in [0, 0.1) is 17.3 Å². The van der Waals surface area contributed by atoms with Gasteiger partial charge in [-0.3, -0.25) is 4.79 Å². The number of carboxylic acid groups (broad SMARTS) is 1. The summed E-state index contributed by atoms with van der Waals surface area (Å²) < 4.78 is 0. The lowest BCUT2D eigenvalue weighted by Gasteiger charge is -2.53. The molecular weight excluding hydrogens is 352 g/mol. The maximum Gasteiger partial charge on any atom is 0.303 e. The molecule has 2 fully saturated rings. The Morgan fingerprint density at radius 2 is 1.96 bits per heavy atom. The average Bonchev–Trinajstić information content (AvgIpc) is 2.92. The summed E-state index contributed by atoms with van der Waals surface area (Å²) in [6.45, 7) is 2.32. The molecule has 0 aliphatic heterocycles. The number of rotatable bonds is 6. The number of phenols is 1. The fraction of sp³-hybridized carbons (Fsp3) is 0.708. The molecule has 5 atom stereocenters. The second-order valence-corrected chi connectivity index (χ2v) is 9.78. The Labute approximate surface area is 168 Å². The first-order valence-electron chi connectivity index (χ1n) is 11.1. The number of aryl methyl sites for hydroxylation is 1. The summed E-state index contributed by atoms with van der Waals surface area (Å²) in [6.07, 6.45) is 9.93. The standard InChI is InChI=1S/C24H34O4/c1-23-13-10-19-18-9-7-17(25)15-16(18)6-8-20(19)21(23)11-14-24(23,28)12-4-2-3-5-22(26)27/h7,9,15,19-21,25,28H,2-6,8,10-14H2,1H3,(H,26,27)/t19-,20-,21+,23+,24?/m1/s1. The van der Waals surface area contributed by atoms with Gasteiger partial charge in [-0.05, 0) is 97.8 Å². The summed E-state index contributed by atoms with van der Waals surface area (Å²) in [5, 5.41) is 30.3. The predicted molar refractivity (Wildman–Crippen MR) is 108 cm³/mol. The highest BCUT2D eigenvalue weighted by Crippen LogP contribution is 2.65. The van der Waals surface area contributed by atoms with E-state index in [4.69, 9.17) is 5.11 Å². The van der Waals surface area contributed by atoms with E-state index in [2.05, 4.69) is 13.0 Å². The number of aliphatic carboxylic acids is 1. The number of aromatic hydroxyl groups is 1. The van der Waals surface area contributed by atoms with E-state index < -0.39 is 11.6 Å². The molecule has 1 aromatic rings. The Balaban J connectivity index is 1.46. The zero-order chi connectivity index (χ0) is 19.9. The molecule has 4 heteroatoms. The lowest BCUT2D eigenvalue weighted by molar-refractivity contribution is -0.137. The number of benzene rings is 1. The second-order valence-electron chi connectivity index (χ2n) is 9.78. The van der Waals surface area contributed by atoms with Gasteiger partial charge in [-0.15, -0.1) is 0 Å². The Kier molecular flexibility index (Phi) is 5.20. The van der Waals surface area contributed by atoms with E-state index in [9.17, 15) is 15.0 Å². The van der Waals surface area contributed by atoms with Gasteiger partial charge in [0.2, 0.25) is 0 Å². The molecule has 2 saturated carbocycles. The summed E-state index contributed by atoms with van der Waals surface area (Å²) in [5.41, 5.74) is 2.13. The van der Waals surface area contributed by atoms with Crippen LogP contribution in [0.25, 0.3) is 0 Å². The first-order valence-corrected chi connectivity index (χ1v) is 11.1. The predicted octanol–water partition coefficient (Wildman–Crippen LogP) is 5.01. The van der Waals surface area contributed by atoms with Gasteiger partial charge in [-0.2, -0.15) is 0 Å². The fourth-order valence-electron chi connectivity index (χ4n) is 6.96. The van der Waals surface area contributed by atoms with Crippen molar-refractivity contribution in [1.82, 2.24) is 0 Å². The summed E-state index contributed by atoms with van der Waals surface area (Å²) >= 11 is 0. The highest BCUT2D eigenvalue weighted by molar-refractivity contribution is 5.66. The minimum absolute atomic E-state index is 0.0185. The second kappa shape index (κ2) is 7.37. The van der Waals surface area contributed by atoms with Crippen LogP contribution in [0.15, 0.2) is 18.2 Å². The number of carbonyl (C=O) groups is 1. The molecule has 0 bridgehead atoms. The summed E-state index contributed by atoms with van der Waals surface area (Å²) in [7, 11) is 0. The third-order valence-corrected chi connectivity index (χ3v) is 8.51. The van der Waals surface area contributed by atoms with Crippen LogP contribution in [0.4, 0.5) is 0 Å². The topological polar surface area (TPSA) is 77.8 Å². The summed E-state index contributed by atoms with van der Waals surface area (Å²) in [5.74, 6) is 1.42. The summed E-state index contributed by atoms with van der Waals surface area (Å²) in [6, 6.07) is 5.91. The Hall–Kier alpha value is -1.55. The van der Waals surface area contributed by atoms with Gasteiger partial charge in [0.05, 0.1) is 5.60 Å². The highest BCUT2D eigenvalue weighted by Gasteiger charge is 2.60. The fourth-order valence-corrected chi connectivity index (χ4v) is 6.96. The molecule has 3 aliphatic rings. The van der Waals surface area contributed by atoms with Crippen molar-refractivity contribution >= 4 is 5.97 Å². The number of hydrogen-bond donors (Lipinski definition) is 3. The maximum absolute atomic E-state index is 11.6. The van der Waals surface area contributed by atoms with Crippen LogP contribution >= 0.6 is 0 Å². The molecule has 0 amide bonds. The molecule has 3 N–H and O–H groups in total. The van der Waals surface area contributed by atoms with Crippen LogP contribution in [-0.4, -0.2) is 26.9 Å². The summed E-state index contributed by atoms with van der Waals surface area (Å²) in [4.78, 5) is 10.7. The third-order valence-electron chi connectivity index (χ3n) is 8.51. The first kappa shape index (κ1) is 19.8. The van der Waals surface area contributed by atoms with Crippen LogP contribution in [-0.2, 0) is 11.2 Å². The molecule has 154 valence electrons. The minimum Gasteiger partial charge on any atom is -0.508 e. The molecule has 0 spiro atoms. The number of carboxylic acids is 1. The van der Waals surface area contributed by atoms with Gasteiger partial charge in [0.25, 0.3) is 0 Å². The van der Waals surface area contributed by atoms with Gasteiger partial charge in [-0.1, -0.05) is 25.8 Å². The molecule has 0 heterocycles. The highest BCUT2D eigenvalue weighted by atomic mass is 16.4. The SMILES string of the molecule is C[C@]12CC[C@@H]3c4ccc(O)cc4CC[C@H]3[C@@H]1CCC2(O)CCCCCC(=O)O. The Morgan fingerprint density at radius 3 is 2.75 bits per heavy atom. The zero-order valence-electron chi connectivity index (χ0n) is 17.0. The monoisotopic (exact) mass is 386 g/mol. The van der Waals surface area contributed by atoms with Crippen molar-refractivity contribution in [2.45, 2.75) is 89.1 Å². The third kappa shape index (κ3) is 3.24. The molecule has 4 rings (SSSR count). The quantitative estimate of drug-likeness (QED) is 0.600. The molecule has 28 heavy (non-hydrogen) atoms. The van der Waals surface area contributed by atoms with Crippen molar-refractivity contribution in [3.63, 3.8) is 0 Å². The lowest BCUT2D eigenvalue weighted by Crippen LogP contribution is -2.50. The number of hydrogen-bond acceptors (Lipinski definition) is 3. The van der Waals surface area contributed by atoms with Crippen LogP contribution in [0.5, 0.6) is 5.75 Å². The molecule has 1 aromatic carbocycles. The van der Waals surface area contributed by atoms with E-state index in [1.54, 1.807) is 0 Å². The van der Waals surface area contributed by atoms with E-state index in [0.717, 1.165) is 57.8 Å². The van der Waals surface area contributed by atoms with Gasteiger partial charge < -0.3 is 15.3 Å². The van der Waals surface area contributed by atoms with Gasteiger partial charge in [-0.25, -0.2) is 0 Å². The molecule has 0 saturated heterocycles. The van der Waals surface area contributed by atoms with Gasteiger partial charge >= 0.3 is 5.97 Å². The van der Waals surface area contributed by atoms with Crippen LogP contribution in [0.1, 0.15) is 88.2 Å². The maximum atomic E-state index is 11.6. The van der Waals surface area contributed by atoms with E-state index in [-0.39, 0.29) is 11.8 Å². The number of fused-ring (bicyclic) bond motifs is 5. The first-order chi connectivity index (χ1) is 13.3. The Morgan fingerprint density at radius 1 is 1.14 bits per heavy atom. The molecule has 3 aliphatic carbocycles. The average molecular weight is 387 g/mol. The van der Waals surface area contributed by atoms with Crippen LogP contribution in [0.3, 0.4) is 0 Å². The van der Waals surface area contributed by atoms with Crippen molar-refractivity contribution in [3.05, 3.63) is 29.3 Å². The minimum atomic E-state index is -0.726. The van der Waals surface area contributed by atoms with E-state index in [1.165, 1.54) is 11.1 Å². The smallest absolute Gasteiger partial charge is 0.303 e. The molecule has 4 nitrogen and oxygen atoms in total. The van der Waals surface area contributed by atoms with E-state index in [0.29, 0.717) is 29.9 Å². The Bertz CT molecular complexity index is 744. The van der Waals surface area contributed by atoms with Gasteiger partial charge in [0, 0.05) is 6.42 Å². The van der Waals surface area contributed by atoms with Gasteiger partial charge in [0.15, 0.2) is 0 Å².